The number of Topliss-reactive ketones (excluding diaryl/α,β-unsaturated/α-hetero) is 1. The molecule has 0 saturated heterocycles. The van der Waals surface area contributed by atoms with Crippen LogP contribution in [0.4, 0.5) is 5.69 Å². The van der Waals surface area contributed by atoms with E-state index < -0.39 is 11.7 Å². The molecule has 0 aliphatic carbocycles. The van der Waals surface area contributed by atoms with Gasteiger partial charge in [0, 0.05) is 27.9 Å². The molecule has 6 rings (SSSR count). The summed E-state index contributed by atoms with van der Waals surface area (Å²) >= 11 is 13.2. The Labute approximate surface area is 306 Å². The number of carbonyl (C=O) groups is 2. The first kappa shape index (κ1) is 34.8. The SMILES string of the molecule is O=C1C(=O)N(CCCn2cc(COCCOc3ccc(/C(=C(/CCCl)c4ccccc4)c4ccccc4)cc3)nn2)c2c(Br)cc(Br)cc21. The Hall–Kier alpha value is -4.09. The molecule has 1 aliphatic heterocycles. The lowest BCUT2D eigenvalue weighted by Gasteiger charge is -2.17. The number of nitrogens with zero attached hydrogens (tertiary/aromatic N) is 4. The first-order valence-corrected chi connectivity index (χ1v) is 18.0. The van der Waals surface area contributed by atoms with Gasteiger partial charge >= 0.3 is 0 Å². The summed E-state index contributed by atoms with van der Waals surface area (Å²) in [6.07, 6.45) is 3.16. The van der Waals surface area contributed by atoms with Gasteiger partial charge in [0.25, 0.3) is 11.7 Å². The minimum absolute atomic E-state index is 0.296. The largest absolute Gasteiger partial charge is 0.491 e. The number of anilines is 1. The van der Waals surface area contributed by atoms with E-state index in [1.165, 1.54) is 10.5 Å². The number of ketones is 1. The van der Waals surface area contributed by atoms with Crippen LogP contribution in [-0.4, -0.2) is 52.3 Å². The number of ether oxygens (including phenoxy) is 2. The number of allylic oxidation sites excluding steroid dienone is 1. The van der Waals surface area contributed by atoms with Crippen LogP contribution in [0.15, 0.2) is 112 Å². The van der Waals surface area contributed by atoms with Crippen LogP contribution in [-0.2, 0) is 22.7 Å². The third-order valence-electron chi connectivity index (χ3n) is 8.06. The Kier molecular flexibility index (Phi) is 11.7. The molecule has 1 aliphatic rings. The van der Waals surface area contributed by atoms with Crippen molar-refractivity contribution in [2.75, 3.05) is 30.5 Å². The van der Waals surface area contributed by atoms with E-state index in [0.29, 0.717) is 66.6 Å². The molecule has 0 N–H and O–H groups in total. The lowest BCUT2D eigenvalue weighted by molar-refractivity contribution is -0.114. The van der Waals surface area contributed by atoms with Gasteiger partial charge in [-0.3, -0.25) is 14.3 Å². The fraction of sp³-hybridized carbons (Fsp3) is 0.211. The van der Waals surface area contributed by atoms with Gasteiger partial charge in [0.05, 0.1) is 30.7 Å². The summed E-state index contributed by atoms with van der Waals surface area (Å²) in [7, 11) is 0. The molecule has 11 heteroatoms. The maximum absolute atomic E-state index is 12.6. The van der Waals surface area contributed by atoms with Gasteiger partial charge in [0.1, 0.15) is 18.1 Å². The Morgan fingerprint density at radius 1 is 0.816 bits per heavy atom. The molecule has 0 atom stereocenters. The number of hydrogen-bond donors (Lipinski definition) is 0. The second-order valence-corrected chi connectivity index (χ2v) is 13.5. The van der Waals surface area contributed by atoms with Gasteiger partial charge in [-0.05, 0) is 80.9 Å². The van der Waals surface area contributed by atoms with Crippen LogP contribution in [0.25, 0.3) is 11.1 Å². The molecule has 49 heavy (non-hydrogen) atoms. The van der Waals surface area contributed by atoms with Crippen LogP contribution in [0.3, 0.4) is 0 Å². The summed E-state index contributed by atoms with van der Waals surface area (Å²) in [5.74, 6) is 0.259. The van der Waals surface area contributed by atoms with E-state index in [2.05, 4.69) is 103 Å². The van der Waals surface area contributed by atoms with Gasteiger partial charge in [0.15, 0.2) is 0 Å². The number of rotatable bonds is 15. The maximum atomic E-state index is 12.6. The Bertz CT molecular complexity index is 1950. The van der Waals surface area contributed by atoms with Gasteiger partial charge < -0.3 is 14.4 Å². The van der Waals surface area contributed by atoms with Crippen LogP contribution < -0.4 is 9.64 Å². The molecule has 0 spiro atoms. The van der Waals surface area contributed by atoms with Crippen molar-refractivity contribution >= 4 is 72.0 Å². The first-order valence-electron chi connectivity index (χ1n) is 15.9. The number of hydrogen-bond acceptors (Lipinski definition) is 6. The normalized spacial score (nSPS) is 13.1. The predicted octanol–water partition coefficient (Wildman–Crippen LogP) is 8.61. The van der Waals surface area contributed by atoms with Crippen LogP contribution in [0.5, 0.6) is 5.75 Å². The molecular weight excluding hydrogens is 772 g/mol. The molecule has 8 nitrogen and oxygen atoms in total. The molecule has 1 amide bonds. The fourth-order valence-corrected chi connectivity index (χ4v) is 7.48. The van der Waals surface area contributed by atoms with E-state index in [0.717, 1.165) is 38.9 Å². The number of halogens is 3. The molecule has 0 bridgehead atoms. The topological polar surface area (TPSA) is 86.6 Å². The number of amides is 1. The third kappa shape index (κ3) is 8.38. The van der Waals surface area contributed by atoms with Gasteiger partial charge in [-0.15, -0.1) is 16.7 Å². The van der Waals surface area contributed by atoms with Crippen molar-refractivity contribution in [2.45, 2.75) is 26.0 Å². The summed E-state index contributed by atoms with van der Waals surface area (Å²) in [5, 5.41) is 8.38. The van der Waals surface area contributed by atoms with Crippen molar-refractivity contribution in [1.82, 2.24) is 15.0 Å². The minimum atomic E-state index is -0.520. The highest BCUT2D eigenvalue weighted by Gasteiger charge is 2.37. The zero-order valence-corrected chi connectivity index (χ0v) is 30.5. The van der Waals surface area contributed by atoms with Crippen molar-refractivity contribution in [3.05, 3.63) is 140 Å². The molecule has 1 aromatic heterocycles. The quantitative estimate of drug-likeness (QED) is 0.0456. The van der Waals surface area contributed by atoms with E-state index in [9.17, 15) is 9.59 Å². The Morgan fingerprint density at radius 3 is 2.22 bits per heavy atom. The number of aryl methyl sites for hydroxylation is 1. The van der Waals surface area contributed by atoms with Crippen LogP contribution in [0.2, 0.25) is 0 Å². The van der Waals surface area contributed by atoms with Crippen molar-refractivity contribution in [3.63, 3.8) is 0 Å². The van der Waals surface area contributed by atoms with Crippen molar-refractivity contribution < 1.29 is 19.1 Å². The van der Waals surface area contributed by atoms with E-state index >= 15 is 0 Å². The molecular formula is C38H33Br2ClN4O4. The lowest BCUT2D eigenvalue weighted by atomic mass is 9.88. The number of fused-ring (bicyclic) bond motifs is 1. The van der Waals surface area contributed by atoms with Crippen molar-refractivity contribution in [3.8, 4) is 5.75 Å². The maximum Gasteiger partial charge on any atom is 0.299 e. The number of benzene rings is 4. The highest BCUT2D eigenvalue weighted by Crippen LogP contribution is 2.39. The Balaban J connectivity index is 0.991. The second-order valence-electron chi connectivity index (χ2n) is 11.3. The van der Waals surface area contributed by atoms with Crippen LogP contribution in [0.1, 0.15) is 45.6 Å². The number of carbonyl (C=O) groups excluding carboxylic acids is 2. The molecule has 5 aromatic rings. The summed E-state index contributed by atoms with van der Waals surface area (Å²) in [6.45, 7) is 1.98. The second kappa shape index (κ2) is 16.5. The molecule has 2 heterocycles. The number of aromatic nitrogens is 3. The summed E-state index contributed by atoms with van der Waals surface area (Å²) in [4.78, 5) is 26.6. The molecule has 0 saturated carbocycles. The lowest BCUT2D eigenvalue weighted by Crippen LogP contribution is -2.31. The van der Waals surface area contributed by atoms with Gasteiger partial charge in [-0.1, -0.05) is 93.9 Å². The van der Waals surface area contributed by atoms with Crippen LogP contribution in [0, 0.1) is 0 Å². The van der Waals surface area contributed by atoms with E-state index in [1.54, 1.807) is 10.7 Å². The van der Waals surface area contributed by atoms with Crippen LogP contribution >= 0.6 is 43.5 Å². The third-order valence-corrected chi connectivity index (χ3v) is 9.31. The summed E-state index contributed by atoms with van der Waals surface area (Å²) < 4.78 is 14.9. The molecule has 0 radical (unpaired) electrons. The van der Waals surface area contributed by atoms with E-state index in [1.807, 2.05) is 36.5 Å². The highest BCUT2D eigenvalue weighted by molar-refractivity contribution is 9.11. The predicted molar refractivity (Wildman–Crippen MR) is 199 cm³/mol. The van der Waals surface area contributed by atoms with Crippen molar-refractivity contribution in [2.24, 2.45) is 0 Å². The van der Waals surface area contributed by atoms with Gasteiger partial charge in [-0.2, -0.15) is 0 Å². The zero-order valence-electron chi connectivity index (χ0n) is 26.5. The van der Waals surface area contributed by atoms with E-state index in [-0.39, 0.29) is 0 Å². The average molecular weight is 805 g/mol. The van der Waals surface area contributed by atoms with E-state index in [4.69, 9.17) is 21.1 Å². The summed E-state index contributed by atoms with van der Waals surface area (Å²) in [6, 6.07) is 32.4. The molecule has 4 aromatic carbocycles. The molecule has 0 unspecified atom stereocenters. The average Bonchev–Trinajstić information content (AvgIpc) is 3.67. The van der Waals surface area contributed by atoms with Gasteiger partial charge in [0.2, 0.25) is 0 Å². The first-order chi connectivity index (χ1) is 23.9. The summed E-state index contributed by atoms with van der Waals surface area (Å²) in [5.41, 5.74) is 7.44. The van der Waals surface area contributed by atoms with Gasteiger partial charge in [-0.25, -0.2) is 0 Å². The fourth-order valence-electron chi connectivity index (χ4n) is 5.85. The van der Waals surface area contributed by atoms with Crippen molar-refractivity contribution in [1.29, 1.82) is 0 Å². The molecule has 250 valence electrons. The highest BCUT2D eigenvalue weighted by atomic mass is 79.9. The Morgan fingerprint density at radius 2 is 1.51 bits per heavy atom. The smallest absolute Gasteiger partial charge is 0.299 e. The zero-order chi connectivity index (χ0) is 34.2. The standard InChI is InChI=1S/C38H33Br2ClN4O4/c39-29-22-33-36(34(40)23-29)45(38(47)37(33)46)19-7-18-44-24-30(42-43-44)25-48-20-21-49-31-14-12-28(13-15-31)35(27-10-5-2-6-11-27)32(16-17-41)26-8-3-1-4-9-26/h1-6,8-15,22-24H,7,16-21,25H2/b35-32-. The monoisotopic (exact) mass is 802 g/mol. The minimum Gasteiger partial charge on any atom is -0.491 e. The molecule has 0 fully saturated rings. The number of alkyl halides is 1.